The van der Waals surface area contributed by atoms with Crippen molar-refractivity contribution in [2.75, 3.05) is 13.1 Å². The summed E-state index contributed by atoms with van der Waals surface area (Å²) in [7, 11) is 0. The van der Waals surface area contributed by atoms with E-state index in [1.54, 1.807) is 0 Å². The largest absolute Gasteiger partial charge is 0.392 e. The molecule has 0 radical (unpaired) electrons. The summed E-state index contributed by atoms with van der Waals surface area (Å²) in [5.41, 5.74) is 0. The van der Waals surface area contributed by atoms with Crippen molar-refractivity contribution >= 4 is 5.91 Å². The number of aliphatic hydroxyl groups excluding tert-OH is 1. The minimum atomic E-state index is -4.29. The number of halogens is 3. The molecule has 2 aliphatic rings. The average molecular weight is 265 g/mol. The van der Waals surface area contributed by atoms with Gasteiger partial charge in [-0.3, -0.25) is 4.79 Å². The van der Waals surface area contributed by atoms with Gasteiger partial charge in [0.1, 0.15) is 0 Å². The predicted molar refractivity (Wildman–Crippen MR) is 58.7 cm³/mol. The van der Waals surface area contributed by atoms with E-state index in [0.29, 0.717) is 32.2 Å². The van der Waals surface area contributed by atoms with Gasteiger partial charge in [0.25, 0.3) is 0 Å². The molecule has 1 aliphatic carbocycles. The van der Waals surface area contributed by atoms with Crippen LogP contribution in [0.25, 0.3) is 0 Å². The quantitative estimate of drug-likeness (QED) is 0.787. The molecule has 1 saturated carbocycles. The smallest absolute Gasteiger partial charge is 0.391 e. The number of likely N-dealkylation sites (tertiary alicyclic amines) is 1. The molecule has 3 nitrogen and oxygen atoms in total. The fraction of sp³-hybridized carbons (Fsp3) is 0.917. The molecule has 0 bridgehead atoms. The Balaban J connectivity index is 2.07. The zero-order chi connectivity index (χ0) is 13.3. The zero-order valence-corrected chi connectivity index (χ0v) is 10.1. The van der Waals surface area contributed by atoms with Crippen molar-refractivity contribution in [2.45, 2.75) is 44.4 Å². The van der Waals surface area contributed by atoms with Crippen LogP contribution in [-0.4, -0.2) is 41.3 Å². The molecule has 6 heteroatoms. The molecule has 3 unspecified atom stereocenters. The molecule has 0 spiro atoms. The second-order valence-corrected chi connectivity index (χ2v) is 5.27. The van der Waals surface area contributed by atoms with Crippen LogP contribution in [0.1, 0.15) is 32.1 Å². The van der Waals surface area contributed by atoms with Gasteiger partial charge in [-0.15, -0.1) is 0 Å². The molecule has 1 aliphatic heterocycles. The highest BCUT2D eigenvalue weighted by Crippen LogP contribution is 2.42. The molecule has 104 valence electrons. The van der Waals surface area contributed by atoms with Gasteiger partial charge in [-0.25, -0.2) is 0 Å². The molecule has 3 atom stereocenters. The molecule has 1 N–H and O–H groups in total. The standard InChI is InChI=1S/C12H18F3NO2/c13-12(14,15)10-4-2-1-3-9(10)11(18)16-6-5-8(17)7-16/h8-10,17H,1-7H2. The summed E-state index contributed by atoms with van der Waals surface area (Å²) in [6, 6.07) is 0. The van der Waals surface area contributed by atoms with Crippen molar-refractivity contribution in [3.05, 3.63) is 0 Å². The first-order valence-electron chi connectivity index (χ1n) is 6.43. The highest BCUT2D eigenvalue weighted by Gasteiger charge is 2.49. The molecular formula is C12H18F3NO2. The summed E-state index contributed by atoms with van der Waals surface area (Å²) in [6.07, 6.45) is -2.82. The Bertz CT molecular complexity index is 319. The van der Waals surface area contributed by atoms with E-state index in [4.69, 9.17) is 0 Å². The van der Waals surface area contributed by atoms with Crippen LogP contribution in [0.15, 0.2) is 0 Å². The van der Waals surface area contributed by atoms with Crippen LogP contribution in [0.5, 0.6) is 0 Å². The van der Waals surface area contributed by atoms with Crippen LogP contribution in [0.3, 0.4) is 0 Å². The van der Waals surface area contributed by atoms with E-state index < -0.39 is 30.0 Å². The van der Waals surface area contributed by atoms with Crippen LogP contribution in [-0.2, 0) is 4.79 Å². The second kappa shape index (κ2) is 5.07. The number of rotatable bonds is 1. The normalized spacial score (nSPS) is 33.8. The number of carbonyl (C=O) groups is 1. The lowest BCUT2D eigenvalue weighted by Crippen LogP contribution is -2.44. The first kappa shape index (κ1) is 13.6. The molecule has 0 aromatic carbocycles. The lowest BCUT2D eigenvalue weighted by Gasteiger charge is -2.34. The fourth-order valence-corrected chi connectivity index (χ4v) is 2.99. The fourth-order valence-electron chi connectivity index (χ4n) is 2.99. The Kier molecular flexibility index (Phi) is 3.84. The van der Waals surface area contributed by atoms with Crippen molar-refractivity contribution < 1.29 is 23.1 Å². The van der Waals surface area contributed by atoms with E-state index in [0.717, 1.165) is 0 Å². The number of alkyl halides is 3. The molecular weight excluding hydrogens is 247 g/mol. The monoisotopic (exact) mass is 265 g/mol. The topological polar surface area (TPSA) is 40.5 Å². The van der Waals surface area contributed by atoms with Gasteiger partial charge in [0, 0.05) is 19.0 Å². The van der Waals surface area contributed by atoms with Gasteiger partial charge in [-0.05, 0) is 19.3 Å². The Hall–Kier alpha value is -0.780. The lowest BCUT2D eigenvalue weighted by molar-refractivity contribution is -0.200. The highest BCUT2D eigenvalue weighted by atomic mass is 19.4. The second-order valence-electron chi connectivity index (χ2n) is 5.27. The number of hydrogen-bond donors (Lipinski definition) is 1. The Morgan fingerprint density at radius 1 is 1.17 bits per heavy atom. The predicted octanol–water partition coefficient (Wildman–Crippen LogP) is 1.95. The van der Waals surface area contributed by atoms with Crippen molar-refractivity contribution in [1.29, 1.82) is 0 Å². The maximum atomic E-state index is 12.9. The Morgan fingerprint density at radius 3 is 2.39 bits per heavy atom. The third kappa shape index (κ3) is 2.79. The molecule has 2 fully saturated rings. The van der Waals surface area contributed by atoms with Crippen molar-refractivity contribution in [3.63, 3.8) is 0 Å². The molecule has 0 aromatic heterocycles. The van der Waals surface area contributed by atoms with Crippen molar-refractivity contribution in [1.82, 2.24) is 4.90 Å². The zero-order valence-electron chi connectivity index (χ0n) is 10.1. The summed E-state index contributed by atoms with van der Waals surface area (Å²) in [5, 5.41) is 9.36. The molecule has 18 heavy (non-hydrogen) atoms. The van der Waals surface area contributed by atoms with Crippen LogP contribution < -0.4 is 0 Å². The molecule has 2 rings (SSSR count). The maximum absolute atomic E-state index is 12.9. The molecule has 0 aromatic rings. The lowest BCUT2D eigenvalue weighted by atomic mass is 9.78. The van der Waals surface area contributed by atoms with Gasteiger partial charge in [0.15, 0.2) is 0 Å². The maximum Gasteiger partial charge on any atom is 0.392 e. The van der Waals surface area contributed by atoms with Crippen LogP contribution in [0.4, 0.5) is 13.2 Å². The van der Waals surface area contributed by atoms with E-state index in [2.05, 4.69) is 0 Å². The van der Waals surface area contributed by atoms with Gasteiger partial charge in [-0.2, -0.15) is 13.2 Å². The van der Waals surface area contributed by atoms with Crippen molar-refractivity contribution in [2.24, 2.45) is 11.8 Å². The Labute approximate surface area is 104 Å². The van der Waals surface area contributed by atoms with E-state index >= 15 is 0 Å². The van der Waals surface area contributed by atoms with Gasteiger partial charge in [0.05, 0.1) is 12.0 Å². The summed E-state index contributed by atoms with van der Waals surface area (Å²) in [4.78, 5) is 13.5. The first-order valence-corrected chi connectivity index (χ1v) is 6.43. The number of amides is 1. The van der Waals surface area contributed by atoms with E-state index in [1.807, 2.05) is 0 Å². The minimum Gasteiger partial charge on any atom is -0.391 e. The van der Waals surface area contributed by atoms with Gasteiger partial charge < -0.3 is 10.0 Å². The highest BCUT2D eigenvalue weighted by molar-refractivity contribution is 5.79. The number of hydrogen-bond acceptors (Lipinski definition) is 2. The van der Waals surface area contributed by atoms with E-state index in [-0.39, 0.29) is 13.0 Å². The average Bonchev–Trinajstić information content (AvgIpc) is 2.74. The van der Waals surface area contributed by atoms with Crippen LogP contribution in [0.2, 0.25) is 0 Å². The summed E-state index contributed by atoms with van der Waals surface area (Å²) in [5.74, 6) is -2.87. The third-order valence-corrected chi connectivity index (χ3v) is 3.98. The number of β-amino-alcohol motifs (C(OH)–C–C–N with tert-alkyl or cyclic N) is 1. The molecule has 1 heterocycles. The van der Waals surface area contributed by atoms with Gasteiger partial charge >= 0.3 is 6.18 Å². The number of aliphatic hydroxyl groups is 1. The minimum absolute atomic E-state index is 0.0519. The van der Waals surface area contributed by atoms with Gasteiger partial charge in [0.2, 0.25) is 5.91 Å². The van der Waals surface area contributed by atoms with E-state index in [1.165, 1.54) is 4.90 Å². The number of nitrogens with zero attached hydrogens (tertiary/aromatic N) is 1. The molecule has 1 amide bonds. The summed E-state index contributed by atoms with van der Waals surface area (Å²) >= 11 is 0. The summed E-state index contributed by atoms with van der Waals surface area (Å²) < 4.78 is 38.7. The van der Waals surface area contributed by atoms with E-state index in [9.17, 15) is 23.1 Å². The summed E-state index contributed by atoms with van der Waals surface area (Å²) in [6.45, 7) is 0.557. The van der Waals surface area contributed by atoms with Crippen LogP contribution in [0, 0.1) is 11.8 Å². The first-order chi connectivity index (χ1) is 8.39. The SMILES string of the molecule is O=C(C1CCCCC1C(F)(F)F)N1CCC(O)C1. The molecule has 1 saturated heterocycles. The van der Waals surface area contributed by atoms with Gasteiger partial charge in [-0.1, -0.05) is 12.8 Å². The van der Waals surface area contributed by atoms with Crippen molar-refractivity contribution in [3.8, 4) is 0 Å². The number of carbonyl (C=O) groups excluding carboxylic acids is 1. The Morgan fingerprint density at radius 2 is 1.83 bits per heavy atom. The third-order valence-electron chi connectivity index (χ3n) is 3.98. The van der Waals surface area contributed by atoms with Crippen LogP contribution >= 0.6 is 0 Å².